The second kappa shape index (κ2) is 6.01. The summed E-state index contributed by atoms with van der Waals surface area (Å²) >= 11 is 1.44. The zero-order valence-electron chi connectivity index (χ0n) is 11.6. The van der Waals surface area contributed by atoms with Crippen LogP contribution in [0.15, 0.2) is 5.38 Å². The van der Waals surface area contributed by atoms with Crippen molar-refractivity contribution in [2.75, 3.05) is 5.32 Å². The van der Waals surface area contributed by atoms with Crippen LogP contribution in [0.4, 0.5) is 5.13 Å². The molecule has 0 atom stereocenters. The number of nitrogens with zero attached hydrogens (tertiary/aromatic N) is 1. The number of carbonyl (C=O) groups is 1. The van der Waals surface area contributed by atoms with Crippen molar-refractivity contribution in [3.63, 3.8) is 0 Å². The van der Waals surface area contributed by atoms with Crippen LogP contribution in [0.25, 0.3) is 0 Å². The normalized spacial score (nSPS) is 18.5. The summed E-state index contributed by atoms with van der Waals surface area (Å²) in [4.78, 5) is 16.3. The Labute approximate surface area is 118 Å². The van der Waals surface area contributed by atoms with Crippen molar-refractivity contribution in [1.82, 2.24) is 4.98 Å². The number of aromatic nitrogens is 1. The van der Waals surface area contributed by atoms with Gasteiger partial charge in [0.05, 0.1) is 17.7 Å². The van der Waals surface area contributed by atoms with E-state index in [4.69, 9.17) is 0 Å². The van der Waals surface area contributed by atoms with Crippen LogP contribution in [0.5, 0.6) is 0 Å². The van der Waals surface area contributed by atoms with Gasteiger partial charge in [0.15, 0.2) is 5.13 Å². The minimum atomic E-state index is -0.805. The Hall–Kier alpha value is -0.940. The monoisotopic (exact) mass is 282 g/mol. The van der Waals surface area contributed by atoms with Crippen molar-refractivity contribution in [1.29, 1.82) is 0 Å². The summed E-state index contributed by atoms with van der Waals surface area (Å²) in [6, 6.07) is 0. The molecule has 0 spiro atoms. The summed E-state index contributed by atoms with van der Waals surface area (Å²) in [6.07, 6.45) is 4.83. The van der Waals surface area contributed by atoms with Crippen molar-refractivity contribution in [2.45, 2.75) is 63.9 Å². The molecule has 4 nitrogen and oxygen atoms in total. The minimum absolute atomic E-state index is 0.131. The summed E-state index contributed by atoms with van der Waals surface area (Å²) in [5.41, 5.74) is 0.192. The fourth-order valence-corrected chi connectivity index (χ4v) is 3.35. The predicted molar refractivity (Wildman–Crippen MR) is 77.5 cm³/mol. The molecule has 1 fully saturated rings. The Morgan fingerprint density at radius 1 is 1.47 bits per heavy atom. The van der Waals surface area contributed by atoms with Gasteiger partial charge in [0.1, 0.15) is 0 Å². The molecule has 1 saturated carbocycles. The summed E-state index contributed by atoms with van der Waals surface area (Å²) in [5.74, 6) is 0.235. The largest absolute Gasteiger partial charge is 0.389 e. The molecule has 2 N–H and O–H groups in total. The minimum Gasteiger partial charge on any atom is -0.389 e. The maximum absolute atomic E-state index is 12.0. The van der Waals surface area contributed by atoms with E-state index in [1.165, 1.54) is 11.3 Å². The second-order valence-electron chi connectivity index (χ2n) is 5.74. The number of hydrogen-bond acceptors (Lipinski definition) is 4. The number of aliphatic hydroxyl groups is 1. The molecular formula is C14H22N2O2S. The highest BCUT2D eigenvalue weighted by atomic mass is 32.1. The highest BCUT2D eigenvalue weighted by molar-refractivity contribution is 7.13. The van der Waals surface area contributed by atoms with Gasteiger partial charge in [0, 0.05) is 5.38 Å². The van der Waals surface area contributed by atoms with Crippen molar-refractivity contribution in [3.05, 3.63) is 11.1 Å². The number of hydrogen-bond donors (Lipinski definition) is 2. The third kappa shape index (κ3) is 4.01. The van der Waals surface area contributed by atoms with Crippen LogP contribution < -0.4 is 5.32 Å². The lowest BCUT2D eigenvalue weighted by atomic mass is 9.82. The summed E-state index contributed by atoms with van der Waals surface area (Å²) in [5, 5.41) is 15.7. The molecule has 0 aliphatic heterocycles. The topological polar surface area (TPSA) is 62.2 Å². The van der Waals surface area contributed by atoms with Crippen LogP contribution in [-0.4, -0.2) is 21.6 Å². The van der Waals surface area contributed by atoms with Crippen LogP contribution in [-0.2, 0) is 4.79 Å². The van der Waals surface area contributed by atoms with E-state index in [1.807, 2.05) is 5.38 Å². The van der Waals surface area contributed by atoms with Gasteiger partial charge in [-0.3, -0.25) is 4.79 Å². The first-order valence-corrected chi connectivity index (χ1v) is 7.84. The van der Waals surface area contributed by atoms with Gasteiger partial charge in [-0.1, -0.05) is 33.1 Å². The summed E-state index contributed by atoms with van der Waals surface area (Å²) in [6.45, 7) is 4.15. The summed E-state index contributed by atoms with van der Waals surface area (Å²) in [7, 11) is 0. The van der Waals surface area contributed by atoms with E-state index in [-0.39, 0.29) is 12.3 Å². The van der Waals surface area contributed by atoms with E-state index in [9.17, 15) is 9.90 Å². The Balaban J connectivity index is 1.89. The van der Waals surface area contributed by atoms with Crippen molar-refractivity contribution in [2.24, 2.45) is 0 Å². The fourth-order valence-electron chi connectivity index (χ4n) is 2.46. The van der Waals surface area contributed by atoms with Crippen LogP contribution in [0, 0.1) is 0 Å². The summed E-state index contributed by atoms with van der Waals surface area (Å²) < 4.78 is 0. The lowest BCUT2D eigenvalue weighted by Crippen LogP contribution is -2.35. The van der Waals surface area contributed by atoms with E-state index >= 15 is 0 Å². The second-order valence-corrected chi connectivity index (χ2v) is 6.60. The third-order valence-corrected chi connectivity index (χ3v) is 4.41. The SMILES string of the molecule is CC(C)c1csc(NC(=O)CC2(O)CCCCC2)n1. The number of rotatable bonds is 4. The Morgan fingerprint density at radius 2 is 2.16 bits per heavy atom. The zero-order valence-corrected chi connectivity index (χ0v) is 12.4. The number of carbonyl (C=O) groups excluding carboxylic acids is 1. The Kier molecular flexibility index (Phi) is 4.58. The molecule has 5 heteroatoms. The maximum Gasteiger partial charge on any atom is 0.229 e. The van der Waals surface area contributed by atoms with E-state index in [0.29, 0.717) is 11.0 Å². The average Bonchev–Trinajstić information content (AvgIpc) is 2.77. The highest BCUT2D eigenvalue weighted by Crippen LogP contribution is 2.31. The predicted octanol–water partition coefficient (Wildman–Crippen LogP) is 3.29. The Morgan fingerprint density at radius 3 is 2.74 bits per heavy atom. The van der Waals surface area contributed by atoms with Gasteiger partial charge in [0.2, 0.25) is 5.91 Å². The first-order valence-electron chi connectivity index (χ1n) is 6.96. The first-order chi connectivity index (χ1) is 8.98. The lowest BCUT2D eigenvalue weighted by Gasteiger charge is -2.31. The first kappa shape index (κ1) is 14.5. The van der Waals surface area contributed by atoms with E-state index in [2.05, 4.69) is 24.1 Å². The third-order valence-electron chi connectivity index (χ3n) is 3.63. The molecule has 0 aromatic carbocycles. The molecule has 0 radical (unpaired) electrons. The molecule has 106 valence electrons. The quantitative estimate of drug-likeness (QED) is 0.890. The standard InChI is InChI=1S/C14H22N2O2S/c1-10(2)11-9-19-13(15-11)16-12(17)8-14(18)6-4-3-5-7-14/h9-10,18H,3-8H2,1-2H3,(H,15,16,17). The van der Waals surface area contributed by atoms with Gasteiger partial charge in [-0.25, -0.2) is 4.98 Å². The molecule has 2 rings (SSSR count). The van der Waals surface area contributed by atoms with Gasteiger partial charge < -0.3 is 10.4 Å². The number of anilines is 1. The number of amides is 1. The molecule has 1 amide bonds. The van der Waals surface area contributed by atoms with Gasteiger partial charge in [-0.15, -0.1) is 11.3 Å². The molecule has 0 bridgehead atoms. The fraction of sp³-hybridized carbons (Fsp3) is 0.714. The molecule has 0 saturated heterocycles. The maximum atomic E-state index is 12.0. The molecular weight excluding hydrogens is 260 g/mol. The highest BCUT2D eigenvalue weighted by Gasteiger charge is 2.31. The zero-order chi connectivity index (χ0) is 13.9. The van der Waals surface area contributed by atoms with Crippen LogP contribution >= 0.6 is 11.3 Å². The molecule has 1 heterocycles. The molecule has 1 aliphatic rings. The molecule has 1 aromatic heterocycles. The molecule has 1 aromatic rings. The van der Waals surface area contributed by atoms with Crippen molar-refractivity contribution < 1.29 is 9.90 Å². The molecule has 1 aliphatic carbocycles. The van der Waals surface area contributed by atoms with Crippen molar-refractivity contribution in [3.8, 4) is 0 Å². The van der Waals surface area contributed by atoms with E-state index in [1.54, 1.807) is 0 Å². The van der Waals surface area contributed by atoms with E-state index < -0.39 is 5.60 Å². The smallest absolute Gasteiger partial charge is 0.229 e. The van der Waals surface area contributed by atoms with E-state index in [0.717, 1.165) is 37.8 Å². The molecule has 19 heavy (non-hydrogen) atoms. The Bertz CT molecular complexity index is 436. The van der Waals surface area contributed by atoms with Gasteiger partial charge in [-0.2, -0.15) is 0 Å². The van der Waals surface area contributed by atoms with Gasteiger partial charge in [0.25, 0.3) is 0 Å². The van der Waals surface area contributed by atoms with Crippen molar-refractivity contribution >= 4 is 22.4 Å². The van der Waals surface area contributed by atoms with Crippen LogP contribution in [0.2, 0.25) is 0 Å². The lowest BCUT2D eigenvalue weighted by molar-refractivity contribution is -0.122. The molecule has 0 unspecified atom stereocenters. The van der Waals surface area contributed by atoms with Gasteiger partial charge in [-0.05, 0) is 18.8 Å². The van der Waals surface area contributed by atoms with Gasteiger partial charge >= 0.3 is 0 Å². The number of thiazole rings is 1. The number of nitrogens with one attached hydrogen (secondary N) is 1. The average molecular weight is 282 g/mol. The van der Waals surface area contributed by atoms with Crippen LogP contribution in [0.1, 0.15) is 64.0 Å². The van der Waals surface area contributed by atoms with Crippen LogP contribution in [0.3, 0.4) is 0 Å².